The number of rotatable bonds is 5. The summed E-state index contributed by atoms with van der Waals surface area (Å²) in [6.45, 7) is -0.583. The van der Waals surface area contributed by atoms with Gasteiger partial charge in [-0.3, -0.25) is 20.0 Å². The van der Waals surface area contributed by atoms with Gasteiger partial charge in [0.1, 0.15) is 24.4 Å². The van der Waals surface area contributed by atoms with Crippen LogP contribution < -0.4 is 10.7 Å². The molecule has 0 aliphatic heterocycles. The van der Waals surface area contributed by atoms with E-state index in [-0.39, 0.29) is 5.69 Å². The Morgan fingerprint density at radius 1 is 1.17 bits per heavy atom. The molecule has 0 aliphatic carbocycles. The van der Waals surface area contributed by atoms with Crippen LogP contribution in [0.3, 0.4) is 0 Å². The molecule has 24 heavy (non-hydrogen) atoms. The Bertz CT molecular complexity index is 866. The summed E-state index contributed by atoms with van der Waals surface area (Å²) in [6.07, 6.45) is 3.84. The maximum atomic E-state index is 12.2. The van der Waals surface area contributed by atoms with Crippen molar-refractivity contribution in [3.63, 3.8) is 0 Å². The van der Waals surface area contributed by atoms with E-state index in [0.717, 1.165) is 0 Å². The normalized spacial score (nSPS) is 11.9. The fourth-order valence-corrected chi connectivity index (χ4v) is 1.96. The molecule has 10 nitrogen and oxygen atoms in total. The third-order valence-electron chi connectivity index (χ3n) is 3.14. The number of aromatic nitrogens is 5. The standard InChI is InChI=1S/C14H13N7O3/c22-6-12(14(24)20-21-7-16-17-8-21)19-13(23)11-5-15-9-3-1-2-4-10(9)18-11/h1-5,7-8,12,22H,6H2,(H,19,23)(H,20,24). The molecule has 122 valence electrons. The van der Waals surface area contributed by atoms with Gasteiger partial charge in [0.15, 0.2) is 0 Å². The molecule has 2 aromatic heterocycles. The minimum Gasteiger partial charge on any atom is -0.394 e. The minimum absolute atomic E-state index is 0.0456. The second kappa shape index (κ2) is 6.79. The quantitative estimate of drug-likeness (QED) is 0.551. The number of aliphatic hydroxyl groups excluding tert-OH is 1. The van der Waals surface area contributed by atoms with E-state index >= 15 is 0 Å². The minimum atomic E-state index is -1.16. The first kappa shape index (κ1) is 15.5. The molecule has 2 heterocycles. The first-order valence-corrected chi connectivity index (χ1v) is 6.96. The van der Waals surface area contributed by atoms with E-state index < -0.39 is 24.5 Å². The molecule has 0 radical (unpaired) electrons. The number of nitrogens with one attached hydrogen (secondary N) is 2. The highest BCUT2D eigenvalue weighted by molar-refractivity contribution is 5.98. The number of carbonyl (C=O) groups excluding carboxylic acids is 2. The zero-order chi connectivity index (χ0) is 16.9. The van der Waals surface area contributed by atoms with Crippen LogP contribution in [-0.4, -0.2) is 54.4 Å². The van der Waals surface area contributed by atoms with Crippen molar-refractivity contribution < 1.29 is 14.7 Å². The fraction of sp³-hybridized carbons (Fsp3) is 0.143. The van der Waals surface area contributed by atoms with Crippen molar-refractivity contribution in [1.29, 1.82) is 0 Å². The fourth-order valence-electron chi connectivity index (χ4n) is 1.96. The van der Waals surface area contributed by atoms with Gasteiger partial charge in [-0.25, -0.2) is 9.66 Å². The van der Waals surface area contributed by atoms with Gasteiger partial charge in [-0.05, 0) is 12.1 Å². The number of hydrogen-bond donors (Lipinski definition) is 3. The lowest BCUT2D eigenvalue weighted by molar-refractivity contribution is -0.119. The van der Waals surface area contributed by atoms with Crippen LogP contribution in [0, 0.1) is 0 Å². The number of benzene rings is 1. The zero-order valence-corrected chi connectivity index (χ0v) is 12.3. The highest BCUT2D eigenvalue weighted by Crippen LogP contribution is 2.08. The number of fused-ring (bicyclic) bond motifs is 1. The molecule has 0 fully saturated rings. The molecular formula is C14H13N7O3. The number of carbonyl (C=O) groups is 2. The molecule has 1 unspecified atom stereocenters. The van der Waals surface area contributed by atoms with E-state index in [1.807, 2.05) is 6.07 Å². The maximum Gasteiger partial charge on any atom is 0.272 e. The van der Waals surface area contributed by atoms with Gasteiger partial charge in [0, 0.05) is 0 Å². The van der Waals surface area contributed by atoms with Crippen LogP contribution in [0.4, 0.5) is 0 Å². The van der Waals surface area contributed by atoms with Gasteiger partial charge in [0.05, 0.1) is 23.8 Å². The van der Waals surface area contributed by atoms with Gasteiger partial charge < -0.3 is 10.4 Å². The summed E-state index contributed by atoms with van der Waals surface area (Å²) in [6, 6.07) is 5.93. The van der Waals surface area contributed by atoms with E-state index in [1.165, 1.54) is 23.5 Å². The predicted molar refractivity (Wildman–Crippen MR) is 82.3 cm³/mol. The molecule has 0 spiro atoms. The van der Waals surface area contributed by atoms with Crippen LogP contribution in [0.2, 0.25) is 0 Å². The Hall–Kier alpha value is -3.40. The Morgan fingerprint density at radius 2 is 1.88 bits per heavy atom. The highest BCUT2D eigenvalue weighted by Gasteiger charge is 2.22. The van der Waals surface area contributed by atoms with Crippen LogP contribution in [0.25, 0.3) is 11.0 Å². The number of amides is 2. The van der Waals surface area contributed by atoms with Crippen molar-refractivity contribution >= 4 is 22.8 Å². The SMILES string of the molecule is O=C(NC(CO)C(=O)Nn1cnnc1)c1cnc2ccccc2n1. The molecule has 0 saturated heterocycles. The van der Waals surface area contributed by atoms with Crippen LogP contribution in [0.1, 0.15) is 10.5 Å². The Morgan fingerprint density at radius 3 is 2.58 bits per heavy atom. The zero-order valence-electron chi connectivity index (χ0n) is 12.3. The van der Waals surface area contributed by atoms with Crippen molar-refractivity contribution in [3.05, 3.63) is 48.8 Å². The Balaban J connectivity index is 1.72. The highest BCUT2D eigenvalue weighted by atomic mass is 16.3. The summed E-state index contributed by atoms with van der Waals surface area (Å²) >= 11 is 0. The lowest BCUT2D eigenvalue weighted by Crippen LogP contribution is -2.48. The molecule has 10 heteroatoms. The molecular weight excluding hydrogens is 314 g/mol. The molecule has 1 atom stereocenters. The third kappa shape index (κ3) is 3.33. The van der Waals surface area contributed by atoms with Gasteiger partial charge in [0.25, 0.3) is 11.8 Å². The van der Waals surface area contributed by atoms with E-state index in [1.54, 1.807) is 18.2 Å². The van der Waals surface area contributed by atoms with Crippen molar-refractivity contribution in [2.75, 3.05) is 12.0 Å². The van der Waals surface area contributed by atoms with E-state index in [2.05, 4.69) is 30.9 Å². The van der Waals surface area contributed by atoms with Crippen molar-refractivity contribution in [2.24, 2.45) is 0 Å². The molecule has 3 rings (SSSR count). The lowest BCUT2D eigenvalue weighted by atomic mass is 10.2. The van der Waals surface area contributed by atoms with Gasteiger partial charge in [0.2, 0.25) is 0 Å². The second-order valence-corrected chi connectivity index (χ2v) is 4.80. The summed E-state index contributed by atoms with van der Waals surface area (Å²) in [7, 11) is 0. The number of nitrogens with zero attached hydrogens (tertiary/aromatic N) is 5. The number of aliphatic hydroxyl groups is 1. The monoisotopic (exact) mass is 327 g/mol. The van der Waals surface area contributed by atoms with Crippen molar-refractivity contribution in [2.45, 2.75) is 6.04 Å². The maximum absolute atomic E-state index is 12.2. The third-order valence-corrected chi connectivity index (χ3v) is 3.14. The van der Waals surface area contributed by atoms with Crippen LogP contribution in [0.15, 0.2) is 43.1 Å². The number of hydrogen-bond acceptors (Lipinski definition) is 7. The van der Waals surface area contributed by atoms with Gasteiger partial charge in [-0.1, -0.05) is 12.1 Å². The number of para-hydroxylation sites is 2. The smallest absolute Gasteiger partial charge is 0.272 e. The van der Waals surface area contributed by atoms with Crippen molar-refractivity contribution in [3.8, 4) is 0 Å². The summed E-state index contributed by atoms with van der Waals surface area (Å²) in [5.41, 5.74) is 3.65. The predicted octanol–water partition coefficient (Wildman–Crippen LogP) is -0.918. The molecule has 0 saturated carbocycles. The van der Waals surface area contributed by atoms with Crippen LogP contribution in [0.5, 0.6) is 0 Å². The van der Waals surface area contributed by atoms with Gasteiger partial charge >= 0.3 is 0 Å². The molecule has 1 aromatic carbocycles. The summed E-state index contributed by atoms with van der Waals surface area (Å²) < 4.78 is 1.20. The average molecular weight is 327 g/mol. The van der Waals surface area contributed by atoms with Crippen LogP contribution in [-0.2, 0) is 4.79 Å². The van der Waals surface area contributed by atoms with E-state index in [4.69, 9.17) is 0 Å². The average Bonchev–Trinajstić information content (AvgIpc) is 3.11. The van der Waals surface area contributed by atoms with Crippen LogP contribution >= 0.6 is 0 Å². The molecule has 0 bridgehead atoms. The molecule has 0 aliphatic rings. The lowest BCUT2D eigenvalue weighted by Gasteiger charge is -2.15. The summed E-state index contributed by atoms with van der Waals surface area (Å²) in [4.78, 5) is 32.6. The first-order chi connectivity index (χ1) is 11.7. The van der Waals surface area contributed by atoms with Gasteiger partial charge in [-0.2, -0.15) is 0 Å². The molecule has 3 aromatic rings. The summed E-state index contributed by atoms with van der Waals surface area (Å²) in [5.74, 6) is -1.24. The second-order valence-electron chi connectivity index (χ2n) is 4.80. The van der Waals surface area contributed by atoms with Gasteiger partial charge in [-0.15, -0.1) is 10.2 Å². The Labute approximate surface area is 135 Å². The van der Waals surface area contributed by atoms with E-state index in [0.29, 0.717) is 11.0 Å². The topological polar surface area (TPSA) is 135 Å². The summed E-state index contributed by atoms with van der Waals surface area (Å²) in [5, 5.41) is 18.8. The Kier molecular flexibility index (Phi) is 4.38. The molecule has 3 N–H and O–H groups in total. The van der Waals surface area contributed by atoms with E-state index in [9.17, 15) is 14.7 Å². The first-order valence-electron chi connectivity index (χ1n) is 6.96. The van der Waals surface area contributed by atoms with Crippen molar-refractivity contribution in [1.82, 2.24) is 30.2 Å². The largest absolute Gasteiger partial charge is 0.394 e. The molecule has 2 amide bonds.